The summed E-state index contributed by atoms with van der Waals surface area (Å²) in [5.74, 6) is -0.270. The van der Waals surface area contributed by atoms with E-state index in [1.807, 2.05) is 0 Å². The number of sulfonamides is 1. The number of amidine groups is 1. The highest BCUT2D eigenvalue weighted by Gasteiger charge is 2.21. The summed E-state index contributed by atoms with van der Waals surface area (Å²) in [4.78, 5) is 0. The van der Waals surface area contributed by atoms with Gasteiger partial charge in [0.05, 0.1) is 18.0 Å². The predicted octanol–water partition coefficient (Wildman–Crippen LogP) is -0.961. The Hall–Kier alpha value is -2.56. The van der Waals surface area contributed by atoms with Gasteiger partial charge in [0.2, 0.25) is 0 Å². The molecule has 0 atom stereocenters. The molecule has 0 saturated carbocycles. The quantitative estimate of drug-likeness (QED) is 0.246. The molecule has 0 fully saturated rings. The molecule has 11 heteroatoms. The van der Waals surface area contributed by atoms with E-state index in [1.54, 1.807) is 0 Å². The maximum Gasteiger partial charge on any atom is 0.280 e. The van der Waals surface area contributed by atoms with Crippen LogP contribution in [0.3, 0.4) is 0 Å². The van der Waals surface area contributed by atoms with Gasteiger partial charge in [-0.3, -0.25) is 14.5 Å². The van der Waals surface area contributed by atoms with Crippen molar-refractivity contribution in [2.45, 2.75) is 5.03 Å². The van der Waals surface area contributed by atoms with Crippen molar-refractivity contribution in [3.05, 3.63) is 24.0 Å². The van der Waals surface area contributed by atoms with Gasteiger partial charge in [0, 0.05) is 7.05 Å². The minimum absolute atomic E-state index is 0.00324. The predicted molar refractivity (Wildman–Crippen MR) is 65.1 cm³/mol. The number of aromatic nitrogens is 4. The molecule has 0 spiro atoms. The van der Waals surface area contributed by atoms with Crippen LogP contribution < -0.4 is 10.5 Å². The third-order valence-corrected chi connectivity index (χ3v) is 3.73. The summed E-state index contributed by atoms with van der Waals surface area (Å²) in [6.07, 6.45) is 2.59. The zero-order chi connectivity index (χ0) is 14.0. The molecule has 0 aliphatic carbocycles. The van der Waals surface area contributed by atoms with Crippen LogP contribution in [0, 0.1) is 0 Å². The van der Waals surface area contributed by atoms with Gasteiger partial charge in [-0.15, -0.1) is 0 Å². The van der Waals surface area contributed by atoms with E-state index < -0.39 is 10.0 Å². The van der Waals surface area contributed by atoms with Crippen molar-refractivity contribution in [2.24, 2.45) is 17.9 Å². The minimum atomic E-state index is -3.85. The Kier molecular flexibility index (Phi) is 3.12. The molecule has 0 saturated heterocycles. The van der Waals surface area contributed by atoms with Crippen LogP contribution in [-0.2, 0) is 17.1 Å². The number of aromatic amines is 1. The van der Waals surface area contributed by atoms with E-state index in [9.17, 15) is 8.42 Å². The fourth-order valence-electron chi connectivity index (χ4n) is 1.42. The molecular weight excluding hydrogens is 274 g/mol. The van der Waals surface area contributed by atoms with E-state index in [-0.39, 0.29) is 22.2 Å². The molecular formula is C8H11N7O3S. The number of nitrogens with two attached hydrogens (primary N) is 1. The first-order valence-electron chi connectivity index (χ1n) is 4.98. The topological polar surface area (TPSA) is 151 Å². The van der Waals surface area contributed by atoms with E-state index in [0.29, 0.717) is 0 Å². The molecule has 0 amide bonds. The van der Waals surface area contributed by atoms with Crippen LogP contribution in [0.25, 0.3) is 0 Å². The Morgan fingerprint density at radius 3 is 2.95 bits per heavy atom. The van der Waals surface area contributed by atoms with Gasteiger partial charge in [-0.05, 0) is 6.07 Å². The molecule has 2 aromatic heterocycles. The molecule has 0 aliphatic rings. The molecule has 10 nitrogen and oxygen atoms in total. The second-order valence-corrected chi connectivity index (χ2v) is 5.17. The van der Waals surface area contributed by atoms with Crippen molar-refractivity contribution in [3.8, 4) is 0 Å². The van der Waals surface area contributed by atoms with Gasteiger partial charge in [0.25, 0.3) is 10.0 Å². The average Bonchev–Trinajstić information content (AvgIpc) is 2.96. The van der Waals surface area contributed by atoms with Crippen LogP contribution in [0.15, 0.2) is 28.6 Å². The second-order valence-electron chi connectivity index (χ2n) is 3.54. The van der Waals surface area contributed by atoms with Crippen molar-refractivity contribution in [3.63, 3.8) is 0 Å². The Labute approximate surface area is 108 Å². The van der Waals surface area contributed by atoms with E-state index in [4.69, 9.17) is 10.9 Å². The lowest BCUT2D eigenvalue weighted by atomic mass is 10.3. The molecule has 19 heavy (non-hydrogen) atoms. The van der Waals surface area contributed by atoms with Gasteiger partial charge in [-0.2, -0.15) is 18.6 Å². The lowest BCUT2D eigenvalue weighted by Gasteiger charge is -2.07. The van der Waals surface area contributed by atoms with Gasteiger partial charge in [-0.1, -0.05) is 5.16 Å². The molecule has 0 unspecified atom stereocenters. The van der Waals surface area contributed by atoms with Gasteiger partial charge < -0.3 is 10.9 Å². The van der Waals surface area contributed by atoms with Crippen molar-refractivity contribution < 1.29 is 13.6 Å². The summed E-state index contributed by atoms with van der Waals surface area (Å²) in [6.45, 7) is 0. The van der Waals surface area contributed by atoms with Crippen molar-refractivity contribution >= 4 is 21.7 Å². The van der Waals surface area contributed by atoms with E-state index in [2.05, 4.69) is 25.2 Å². The highest BCUT2D eigenvalue weighted by atomic mass is 32.2. The third kappa shape index (κ3) is 2.35. The first-order chi connectivity index (χ1) is 8.95. The van der Waals surface area contributed by atoms with Gasteiger partial charge in [0.1, 0.15) is 5.82 Å². The first-order valence-corrected chi connectivity index (χ1v) is 6.46. The van der Waals surface area contributed by atoms with Crippen LogP contribution in [0.2, 0.25) is 0 Å². The number of H-pyrrole nitrogens is 1. The number of aryl methyl sites for hydroxylation is 1. The summed E-state index contributed by atoms with van der Waals surface area (Å²) in [6, 6.07) is 1.34. The van der Waals surface area contributed by atoms with E-state index >= 15 is 0 Å². The van der Waals surface area contributed by atoms with Crippen molar-refractivity contribution in [1.82, 2.24) is 20.0 Å². The summed E-state index contributed by atoms with van der Waals surface area (Å²) < 4.78 is 27.6. The monoisotopic (exact) mass is 285 g/mol. The molecule has 0 aromatic carbocycles. The number of hydrogen-bond donors (Lipinski definition) is 4. The zero-order valence-electron chi connectivity index (χ0n) is 9.77. The number of anilines is 1. The van der Waals surface area contributed by atoms with Crippen molar-refractivity contribution in [2.75, 3.05) is 4.72 Å². The van der Waals surface area contributed by atoms with Crippen LogP contribution in [0.5, 0.6) is 0 Å². The van der Waals surface area contributed by atoms with Crippen LogP contribution in [0.1, 0.15) is 5.56 Å². The number of oxime groups is 1. The number of hydrogen-bond acceptors (Lipinski definition) is 6. The fourth-order valence-corrected chi connectivity index (χ4v) is 2.59. The highest BCUT2D eigenvalue weighted by molar-refractivity contribution is 7.92. The van der Waals surface area contributed by atoms with Gasteiger partial charge in [-0.25, -0.2) is 0 Å². The molecule has 2 heterocycles. The summed E-state index contributed by atoms with van der Waals surface area (Å²) in [5, 5.41) is 21.2. The molecule has 2 aromatic rings. The standard InChI is InChI=1S/C8H11N7O3S/c1-15-6(2-3-11-15)19(17,18)14-8-5(4-10-12-8)7(9)13-16/h2-4,16H,1H3,(H2,9,13)(H2,10,12,14). The lowest BCUT2D eigenvalue weighted by molar-refractivity contribution is 0.318. The van der Waals surface area contributed by atoms with Crippen molar-refractivity contribution in [1.29, 1.82) is 0 Å². The van der Waals surface area contributed by atoms with E-state index in [0.717, 1.165) is 0 Å². The number of rotatable bonds is 4. The highest BCUT2D eigenvalue weighted by Crippen LogP contribution is 2.16. The second kappa shape index (κ2) is 4.61. The van der Waals surface area contributed by atoms with Crippen LogP contribution in [0.4, 0.5) is 5.82 Å². The Morgan fingerprint density at radius 1 is 1.63 bits per heavy atom. The molecule has 0 bridgehead atoms. The number of nitrogens with zero attached hydrogens (tertiary/aromatic N) is 4. The normalized spacial score (nSPS) is 12.6. The van der Waals surface area contributed by atoms with Crippen LogP contribution >= 0.6 is 0 Å². The molecule has 0 radical (unpaired) electrons. The average molecular weight is 285 g/mol. The Bertz CT molecular complexity index is 714. The zero-order valence-corrected chi connectivity index (χ0v) is 10.6. The fraction of sp³-hybridized carbons (Fsp3) is 0.125. The Balaban J connectivity index is 2.37. The molecule has 5 N–H and O–H groups in total. The summed E-state index contributed by atoms with van der Waals surface area (Å²) in [7, 11) is -2.36. The van der Waals surface area contributed by atoms with Gasteiger partial charge in [0.15, 0.2) is 10.9 Å². The van der Waals surface area contributed by atoms with Gasteiger partial charge >= 0.3 is 0 Å². The van der Waals surface area contributed by atoms with Crippen LogP contribution in [-0.4, -0.2) is 39.4 Å². The third-order valence-electron chi connectivity index (χ3n) is 2.31. The SMILES string of the molecule is Cn1nccc1S(=O)(=O)Nc1[nH]ncc1/C(N)=N/O. The molecule has 102 valence electrons. The molecule has 0 aliphatic heterocycles. The molecule has 2 rings (SSSR count). The maximum absolute atomic E-state index is 12.1. The Morgan fingerprint density at radius 2 is 2.37 bits per heavy atom. The summed E-state index contributed by atoms with van der Waals surface area (Å²) >= 11 is 0. The largest absolute Gasteiger partial charge is 0.409 e. The summed E-state index contributed by atoms with van der Waals surface area (Å²) in [5.41, 5.74) is 5.53. The van der Waals surface area contributed by atoms with E-state index in [1.165, 1.54) is 30.2 Å². The smallest absolute Gasteiger partial charge is 0.280 e. The number of nitrogens with one attached hydrogen (secondary N) is 2. The maximum atomic E-state index is 12.1. The minimum Gasteiger partial charge on any atom is -0.409 e. The lowest BCUT2D eigenvalue weighted by Crippen LogP contribution is -2.20. The first kappa shape index (κ1) is 12.9.